The van der Waals surface area contributed by atoms with Gasteiger partial charge in [-0.1, -0.05) is 13.3 Å². The predicted molar refractivity (Wildman–Crippen MR) is 54.6 cm³/mol. The molecule has 0 spiro atoms. The van der Waals surface area contributed by atoms with E-state index in [1.54, 1.807) is 0 Å². The van der Waals surface area contributed by atoms with Crippen LogP contribution in [0.1, 0.15) is 26.7 Å². The second kappa shape index (κ2) is 7.32. The van der Waals surface area contributed by atoms with Crippen molar-refractivity contribution in [3.05, 3.63) is 0 Å². The van der Waals surface area contributed by atoms with Crippen LogP contribution in [0, 0.1) is 0 Å². The van der Waals surface area contributed by atoms with Gasteiger partial charge in [-0.3, -0.25) is 14.9 Å². The average Bonchev–Trinajstić information content (AvgIpc) is 2.03. The number of carbonyl (C=O) groups excluding carboxylic acids is 2. The van der Waals surface area contributed by atoms with Crippen LogP contribution < -0.4 is 16.4 Å². The van der Waals surface area contributed by atoms with Gasteiger partial charge in [-0.25, -0.2) is 0 Å². The fourth-order valence-corrected chi connectivity index (χ4v) is 1.13. The van der Waals surface area contributed by atoms with Gasteiger partial charge in [0.15, 0.2) is 0 Å². The Balaban J connectivity index is 3.50. The zero-order valence-corrected chi connectivity index (χ0v) is 8.80. The van der Waals surface area contributed by atoms with Crippen molar-refractivity contribution in [2.45, 2.75) is 32.7 Å². The summed E-state index contributed by atoms with van der Waals surface area (Å²) in [4.78, 5) is 21.5. The molecule has 4 N–H and O–H groups in total. The highest BCUT2D eigenvalue weighted by molar-refractivity contribution is 5.80. The normalized spacial score (nSPS) is 12.1. The smallest absolute Gasteiger partial charge is 0.234 e. The van der Waals surface area contributed by atoms with E-state index >= 15 is 0 Å². The van der Waals surface area contributed by atoms with Gasteiger partial charge in [0, 0.05) is 6.04 Å². The van der Waals surface area contributed by atoms with Crippen molar-refractivity contribution in [3.8, 4) is 0 Å². The number of nitrogens with one attached hydrogen (secondary N) is 2. The molecule has 1 atom stereocenters. The monoisotopic (exact) mass is 201 g/mol. The maximum atomic E-state index is 11.2. The Morgan fingerprint density at radius 3 is 2.50 bits per heavy atom. The quantitative estimate of drug-likeness (QED) is 0.512. The Labute approximate surface area is 84.4 Å². The van der Waals surface area contributed by atoms with E-state index in [4.69, 9.17) is 5.73 Å². The molecule has 82 valence electrons. The molecule has 0 bridgehead atoms. The maximum Gasteiger partial charge on any atom is 0.234 e. The van der Waals surface area contributed by atoms with Crippen LogP contribution in [0.2, 0.25) is 0 Å². The molecule has 1 unspecified atom stereocenters. The topological polar surface area (TPSA) is 84.2 Å². The fraction of sp³-hybridized carbons (Fsp3) is 0.778. The number of amides is 2. The van der Waals surface area contributed by atoms with Crippen LogP contribution in [0.3, 0.4) is 0 Å². The van der Waals surface area contributed by atoms with Gasteiger partial charge in [-0.2, -0.15) is 0 Å². The van der Waals surface area contributed by atoms with E-state index in [0.29, 0.717) is 0 Å². The summed E-state index contributed by atoms with van der Waals surface area (Å²) in [5.74, 6) is -0.563. The first kappa shape index (κ1) is 12.9. The third-order valence-electron chi connectivity index (χ3n) is 1.71. The summed E-state index contributed by atoms with van der Waals surface area (Å²) < 4.78 is 0. The standard InChI is InChI=1S/C9H19N3O2/c1-3-4-7(2)12-9(14)6-11-5-8(10)13/h7,11H,3-6H2,1-2H3,(H2,10,13)(H,12,14). The summed E-state index contributed by atoms with van der Waals surface area (Å²) in [5, 5.41) is 5.45. The molecular weight excluding hydrogens is 182 g/mol. The molecule has 0 rings (SSSR count). The molecule has 0 aromatic carbocycles. The minimum Gasteiger partial charge on any atom is -0.369 e. The number of hydrogen-bond acceptors (Lipinski definition) is 3. The lowest BCUT2D eigenvalue weighted by Crippen LogP contribution is -2.41. The molecule has 5 nitrogen and oxygen atoms in total. The lowest BCUT2D eigenvalue weighted by molar-refractivity contribution is -0.121. The highest BCUT2D eigenvalue weighted by Crippen LogP contribution is 1.93. The third kappa shape index (κ3) is 7.54. The number of primary amides is 1. The third-order valence-corrected chi connectivity index (χ3v) is 1.71. The zero-order valence-electron chi connectivity index (χ0n) is 8.80. The molecule has 0 aromatic heterocycles. The first-order valence-corrected chi connectivity index (χ1v) is 4.84. The molecule has 14 heavy (non-hydrogen) atoms. The molecule has 2 amide bonds. The Morgan fingerprint density at radius 2 is 2.00 bits per heavy atom. The summed E-state index contributed by atoms with van der Waals surface area (Å²) in [6.45, 7) is 4.19. The Bertz CT molecular complexity index is 194. The van der Waals surface area contributed by atoms with Crippen molar-refractivity contribution in [2.75, 3.05) is 13.1 Å². The van der Waals surface area contributed by atoms with E-state index in [9.17, 15) is 9.59 Å². The fourth-order valence-electron chi connectivity index (χ4n) is 1.13. The predicted octanol–water partition coefficient (Wildman–Crippen LogP) is -0.634. The van der Waals surface area contributed by atoms with Gasteiger partial charge in [0.05, 0.1) is 13.1 Å². The van der Waals surface area contributed by atoms with E-state index in [1.807, 2.05) is 6.92 Å². The van der Waals surface area contributed by atoms with Gasteiger partial charge in [0.2, 0.25) is 11.8 Å². The summed E-state index contributed by atoms with van der Waals surface area (Å²) >= 11 is 0. The largest absolute Gasteiger partial charge is 0.369 e. The molecule has 0 aliphatic heterocycles. The van der Waals surface area contributed by atoms with Crippen LogP contribution in [-0.4, -0.2) is 30.9 Å². The van der Waals surface area contributed by atoms with Gasteiger partial charge >= 0.3 is 0 Å². The first-order chi connectivity index (χ1) is 6.56. The summed E-state index contributed by atoms with van der Waals surface area (Å²) in [7, 11) is 0. The molecule has 0 aromatic rings. The van der Waals surface area contributed by atoms with Crippen molar-refractivity contribution in [3.63, 3.8) is 0 Å². The summed E-state index contributed by atoms with van der Waals surface area (Å²) in [5.41, 5.74) is 4.89. The van der Waals surface area contributed by atoms with Crippen LogP contribution >= 0.6 is 0 Å². The molecule has 0 saturated carbocycles. The van der Waals surface area contributed by atoms with E-state index in [-0.39, 0.29) is 25.0 Å². The van der Waals surface area contributed by atoms with E-state index in [0.717, 1.165) is 12.8 Å². The van der Waals surface area contributed by atoms with Crippen LogP contribution in [0.25, 0.3) is 0 Å². The van der Waals surface area contributed by atoms with Gasteiger partial charge in [0.1, 0.15) is 0 Å². The van der Waals surface area contributed by atoms with Crippen molar-refractivity contribution in [2.24, 2.45) is 5.73 Å². The van der Waals surface area contributed by atoms with Crippen molar-refractivity contribution >= 4 is 11.8 Å². The van der Waals surface area contributed by atoms with Gasteiger partial charge in [0.25, 0.3) is 0 Å². The van der Waals surface area contributed by atoms with Crippen molar-refractivity contribution < 1.29 is 9.59 Å². The molecule has 0 saturated heterocycles. The summed E-state index contributed by atoms with van der Waals surface area (Å²) in [6, 6.07) is 0.183. The zero-order chi connectivity index (χ0) is 11.0. The van der Waals surface area contributed by atoms with Crippen LogP contribution in [-0.2, 0) is 9.59 Å². The summed E-state index contributed by atoms with van der Waals surface area (Å²) in [6.07, 6.45) is 2.00. The van der Waals surface area contributed by atoms with Crippen molar-refractivity contribution in [1.82, 2.24) is 10.6 Å². The minimum absolute atomic E-state index is 0.0373. The van der Waals surface area contributed by atoms with E-state index < -0.39 is 5.91 Å². The van der Waals surface area contributed by atoms with Gasteiger partial charge < -0.3 is 11.1 Å². The molecular formula is C9H19N3O2. The Kier molecular flexibility index (Phi) is 6.74. The highest BCUT2D eigenvalue weighted by Gasteiger charge is 2.05. The number of rotatable bonds is 7. The molecule has 0 radical (unpaired) electrons. The van der Waals surface area contributed by atoms with E-state index in [2.05, 4.69) is 17.6 Å². The second-order valence-corrected chi connectivity index (χ2v) is 3.33. The van der Waals surface area contributed by atoms with Gasteiger partial charge in [-0.05, 0) is 13.3 Å². The van der Waals surface area contributed by atoms with Crippen LogP contribution in [0.4, 0.5) is 0 Å². The average molecular weight is 201 g/mol. The Hall–Kier alpha value is -1.10. The molecule has 5 heteroatoms. The minimum atomic E-state index is -0.459. The molecule has 0 aliphatic rings. The molecule has 0 aliphatic carbocycles. The molecule has 0 fully saturated rings. The second-order valence-electron chi connectivity index (χ2n) is 3.33. The number of nitrogens with two attached hydrogens (primary N) is 1. The van der Waals surface area contributed by atoms with Crippen LogP contribution in [0.15, 0.2) is 0 Å². The molecule has 0 heterocycles. The van der Waals surface area contributed by atoms with Crippen LogP contribution in [0.5, 0.6) is 0 Å². The first-order valence-electron chi connectivity index (χ1n) is 4.84. The SMILES string of the molecule is CCCC(C)NC(=O)CNCC(N)=O. The highest BCUT2D eigenvalue weighted by atomic mass is 16.2. The lowest BCUT2D eigenvalue weighted by atomic mass is 10.2. The van der Waals surface area contributed by atoms with E-state index in [1.165, 1.54) is 0 Å². The maximum absolute atomic E-state index is 11.2. The van der Waals surface area contributed by atoms with Gasteiger partial charge in [-0.15, -0.1) is 0 Å². The van der Waals surface area contributed by atoms with Crippen molar-refractivity contribution in [1.29, 1.82) is 0 Å². The lowest BCUT2D eigenvalue weighted by Gasteiger charge is -2.12. The number of hydrogen-bond donors (Lipinski definition) is 3. The Morgan fingerprint density at radius 1 is 1.36 bits per heavy atom. The number of carbonyl (C=O) groups is 2.